The second-order valence-corrected chi connectivity index (χ2v) is 13.7. The van der Waals surface area contributed by atoms with E-state index in [1.165, 1.54) is 26.6 Å². The third-order valence-electron chi connectivity index (χ3n) is 7.09. The minimum absolute atomic E-state index is 0.0289. The Kier molecular flexibility index (Phi) is 16.6. The molecule has 53 heavy (non-hydrogen) atoms. The molecule has 0 spiro atoms. The number of carbonyl (C=O) groups excluding carboxylic acids is 1. The lowest BCUT2D eigenvalue weighted by atomic mass is 9.87. The van der Waals surface area contributed by atoms with Crippen molar-refractivity contribution >= 4 is 22.3 Å². The first-order chi connectivity index (χ1) is 25.4. The quantitative estimate of drug-likeness (QED) is 0.0489. The highest BCUT2D eigenvalue weighted by molar-refractivity contribution is 7.92. The number of anilines is 1. The third-order valence-corrected chi connectivity index (χ3v) is 8.45. The van der Waals surface area contributed by atoms with E-state index in [1.807, 2.05) is 0 Å². The van der Waals surface area contributed by atoms with Crippen molar-refractivity contribution in [2.45, 2.75) is 56.8 Å². The van der Waals surface area contributed by atoms with E-state index in [2.05, 4.69) is 55.0 Å². The maximum atomic E-state index is 13.6. The van der Waals surface area contributed by atoms with Crippen LogP contribution in [0.3, 0.4) is 0 Å². The number of hydrogen-bond donors (Lipinski definition) is 1. The Morgan fingerprint density at radius 3 is 2.09 bits per heavy atom. The zero-order chi connectivity index (χ0) is 38.7. The van der Waals surface area contributed by atoms with Crippen molar-refractivity contribution in [2.24, 2.45) is 0 Å². The first kappa shape index (κ1) is 41.8. The van der Waals surface area contributed by atoms with Crippen LogP contribution in [0.4, 0.5) is 5.82 Å². The van der Waals surface area contributed by atoms with Gasteiger partial charge in [-0.25, -0.2) is 23.4 Å². The zero-order valence-electron chi connectivity index (χ0n) is 30.2. The number of ether oxygens (including phenoxy) is 5. The van der Waals surface area contributed by atoms with Gasteiger partial charge < -0.3 is 28.5 Å². The molecule has 2 heterocycles. The second kappa shape index (κ2) is 21.0. The van der Waals surface area contributed by atoms with E-state index in [1.54, 1.807) is 54.6 Å². The number of nitrogens with one attached hydrogen (secondary N) is 1. The molecule has 4 aromatic rings. The lowest BCUT2D eigenvalue weighted by molar-refractivity contribution is -0.757. The number of aromatic nitrogens is 4. The summed E-state index contributed by atoms with van der Waals surface area (Å²) in [5.41, 5.74) is 0.850. The molecule has 0 bridgehead atoms. The second-order valence-electron chi connectivity index (χ2n) is 12.0. The van der Waals surface area contributed by atoms with E-state index < -0.39 is 15.1 Å². The normalized spacial score (nSPS) is 11.0. The number of methoxy groups -OCH3 is 2. The lowest BCUT2D eigenvalue weighted by Gasteiger charge is -2.20. The molecule has 1 N–H and O–H groups in total. The number of carbonyl (C=O) groups is 1. The Morgan fingerprint density at radius 1 is 0.830 bits per heavy atom. The van der Waals surface area contributed by atoms with Crippen LogP contribution in [0.5, 0.6) is 23.1 Å². The summed E-state index contributed by atoms with van der Waals surface area (Å²) in [6.45, 7) is 7.47. The molecule has 0 saturated heterocycles. The molecule has 0 radical (unpaired) electrons. The van der Waals surface area contributed by atoms with Gasteiger partial charge in [-0.3, -0.25) is 9.52 Å². The van der Waals surface area contributed by atoms with Gasteiger partial charge in [-0.2, -0.15) is 4.98 Å². The number of sulfonamides is 1. The Bertz CT molecular complexity index is 1840. The van der Waals surface area contributed by atoms with Gasteiger partial charge in [0.25, 0.3) is 27.5 Å². The van der Waals surface area contributed by atoms with Gasteiger partial charge in [-0.05, 0) is 60.6 Å². The van der Waals surface area contributed by atoms with Crippen LogP contribution in [-0.4, -0.2) is 80.6 Å². The fraction of sp³-hybridized carbons (Fsp3) is 0.400. The maximum absolute atomic E-state index is 13.6. The number of nitrogens with zero attached hydrogens (tertiary/aromatic N) is 5. The van der Waals surface area contributed by atoms with Gasteiger partial charge >= 0.3 is 0 Å². The Morgan fingerprint density at radius 2 is 1.49 bits per heavy atom. The van der Waals surface area contributed by atoms with Crippen LogP contribution in [0.1, 0.15) is 52.0 Å². The van der Waals surface area contributed by atoms with Crippen molar-refractivity contribution in [3.63, 3.8) is 0 Å². The molecular formula is C35H44N6O11S. The summed E-state index contributed by atoms with van der Waals surface area (Å²) in [7, 11) is -1.09. The fourth-order valence-electron chi connectivity index (χ4n) is 4.39. The van der Waals surface area contributed by atoms with Crippen LogP contribution in [0.25, 0.3) is 11.6 Å². The SMILES string of the molecule is COCCOc1nc(-c2ncccn2)nc(NS(=O)(=O)c2ccc(C(C)(C)C)cc2)c1Oc1ccccc1OC.O=COCCCCCCO[N+](=O)[O-]. The largest absolute Gasteiger partial charge is 0.493 e. The fourth-order valence-corrected chi connectivity index (χ4v) is 5.39. The van der Waals surface area contributed by atoms with Gasteiger partial charge in [0.05, 0.1) is 31.8 Å². The highest BCUT2D eigenvalue weighted by Crippen LogP contribution is 2.41. The number of benzene rings is 2. The number of unbranched alkanes of at least 4 members (excludes halogenated alkanes) is 3. The topological polar surface area (TPSA) is 213 Å². The summed E-state index contributed by atoms with van der Waals surface area (Å²) >= 11 is 0. The average Bonchev–Trinajstić information content (AvgIpc) is 3.14. The molecule has 0 amide bonds. The Labute approximate surface area is 308 Å². The summed E-state index contributed by atoms with van der Waals surface area (Å²) in [5.74, 6) is 0.613. The van der Waals surface area contributed by atoms with Crippen LogP contribution in [0, 0.1) is 10.1 Å². The molecular weight excluding hydrogens is 712 g/mol. The smallest absolute Gasteiger partial charge is 0.294 e. The number of hydrogen-bond acceptors (Lipinski definition) is 15. The van der Waals surface area contributed by atoms with E-state index in [-0.39, 0.29) is 59.2 Å². The summed E-state index contributed by atoms with van der Waals surface area (Å²) < 4.78 is 56.7. The van der Waals surface area contributed by atoms with Crippen LogP contribution < -0.4 is 18.9 Å². The average molecular weight is 757 g/mol. The van der Waals surface area contributed by atoms with Crippen molar-refractivity contribution < 1.29 is 46.8 Å². The molecule has 0 unspecified atom stereocenters. The van der Waals surface area contributed by atoms with Crippen LogP contribution in [0.2, 0.25) is 0 Å². The molecule has 2 aromatic heterocycles. The summed E-state index contributed by atoms with van der Waals surface area (Å²) in [5, 5.41) is 8.90. The van der Waals surface area contributed by atoms with E-state index in [0.717, 1.165) is 24.8 Å². The monoisotopic (exact) mass is 756 g/mol. The van der Waals surface area contributed by atoms with Crippen molar-refractivity contribution in [1.29, 1.82) is 0 Å². The van der Waals surface area contributed by atoms with Gasteiger partial charge in [0, 0.05) is 19.5 Å². The van der Waals surface area contributed by atoms with Crippen LogP contribution in [0.15, 0.2) is 71.9 Å². The molecule has 17 nitrogen and oxygen atoms in total. The molecule has 0 fully saturated rings. The molecule has 0 aliphatic heterocycles. The van der Waals surface area contributed by atoms with Crippen LogP contribution >= 0.6 is 0 Å². The minimum Gasteiger partial charge on any atom is -0.493 e. The van der Waals surface area contributed by atoms with Crippen molar-refractivity contribution in [2.75, 3.05) is 45.4 Å². The zero-order valence-corrected chi connectivity index (χ0v) is 31.0. The molecule has 286 valence electrons. The predicted molar refractivity (Wildman–Crippen MR) is 193 cm³/mol. The Balaban J connectivity index is 0.000000496. The lowest BCUT2D eigenvalue weighted by Crippen LogP contribution is -2.17. The highest BCUT2D eigenvalue weighted by Gasteiger charge is 2.26. The molecule has 4 rings (SSSR count). The molecule has 0 atom stereocenters. The van der Waals surface area contributed by atoms with Crippen molar-refractivity contribution in [3.8, 4) is 34.8 Å². The minimum atomic E-state index is -4.12. The first-order valence-corrected chi connectivity index (χ1v) is 18.0. The van der Waals surface area contributed by atoms with Gasteiger partial charge in [-0.1, -0.05) is 51.5 Å². The molecule has 2 aromatic carbocycles. The number of para-hydroxylation sites is 2. The molecule has 0 aliphatic carbocycles. The summed E-state index contributed by atoms with van der Waals surface area (Å²) in [4.78, 5) is 40.8. The number of rotatable bonds is 20. The predicted octanol–water partition coefficient (Wildman–Crippen LogP) is 5.79. The summed E-state index contributed by atoms with van der Waals surface area (Å²) in [6, 6.07) is 15.2. The van der Waals surface area contributed by atoms with Crippen molar-refractivity contribution in [3.05, 3.63) is 82.7 Å². The van der Waals surface area contributed by atoms with Gasteiger partial charge in [0.15, 0.2) is 23.1 Å². The maximum Gasteiger partial charge on any atom is 0.294 e. The van der Waals surface area contributed by atoms with Crippen molar-refractivity contribution in [1.82, 2.24) is 19.9 Å². The van der Waals surface area contributed by atoms with Crippen LogP contribution in [-0.2, 0) is 34.5 Å². The van der Waals surface area contributed by atoms with E-state index in [9.17, 15) is 23.3 Å². The first-order valence-electron chi connectivity index (χ1n) is 16.5. The van der Waals surface area contributed by atoms with E-state index in [4.69, 9.17) is 18.9 Å². The molecule has 18 heteroatoms. The standard InChI is InChI=1S/C28H31N5O6S.C7H13NO5/c1-28(2,3)19-11-13-20(14-12-19)40(34,35)33-24-23(39-22-10-7-6-9-21(22)37-5)27(38-18-17-36-4)32-26(31-24)25-29-15-8-16-30-25;9-7-12-5-3-1-2-4-6-13-8(10)11/h6-16H,17-18H2,1-5H3,(H,31,32,33);7H,1-6H2. The van der Waals surface area contributed by atoms with Gasteiger partial charge in [0.2, 0.25) is 11.6 Å². The summed E-state index contributed by atoms with van der Waals surface area (Å²) in [6.07, 6.45) is 6.22. The van der Waals surface area contributed by atoms with E-state index in [0.29, 0.717) is 31.0 Å². The van der Waals surface area contributed by atoms with E-state index >= 15 is 0 Å². The molecule has 0 aliphatic rings. The van der Waals surface area contributed by atoms with Gasteiger partial charge in [-0.15, -0.1) is 10.1 Å². The molecule has 0 saturated carbocycles. The van der Waals surface area contributed by atoms with Gasteiger partial charge in [0.1, 0.15) is 6.61 Å². The third kappa shape index (κ3) is 13.8. The highest BCUT2D eigenvalue weighted by atomic mass is 32.2. The Hall–Kier alpha value is -5.62.